The van der Waals surface area contributed by atoms with Crippen molar-refractivity contribution in [1.82, 2.24) is 4.98 Å². The highest BCUT2D eigenvalue weighted by Crippen LogP contribution is 2.25. The van der Waals surface area contributed by atoms with Gasteiger partial charge in [-0.15, -0.1) is 0 Å². The Labute approximate surface area is 96.5 Å². The minimum atomic E-state index is 0.0164. The van der Waals surface area contributed by atoms with E-state index >= 15 is 0 Å². The van der Waals surface area contributed by atoms with Crippen molar-refractivity contribution < 1.29 is 9.84 Å². The molecule has 3 nitrogen and oxygen atoms in total. The molecule has 1 aliphatic carbocycles. The Morgan fingerprint density at radius 3 is 2.88 bits per heavy atom. The molecular weight excluding hydrogens is 202 g/mol. The largest absolute Gasteiger partial charge is 0.491 e. The Morgan fingerprint density at radius 1 is 1.31 bits per heavy atom. The summed E-state index contributed by atoms with van der Waals surface area (Å²) < 4.78 is 5.74. The van der Waals surface area contributed by atoms with Crippen molar-refractivity contribution in [3.8, 4) is 5.75 Å². The highest BCUT2D eigenvalue weighted by Gasteiger charge is 2.14. The summed E-state index contributed by atoms with van der Waals surface area (Å²) in [5.41, 5.74) is 0.825. The zero-order valence-electron chi connectivity index (χ0n) is 9.56. The van der Waals surface area contributed by atoms with Gasteiger partial charge in [0, 0.05) is 11.8 Å². The molecule has 0 aliphatic heterocycles. The maximum atomic E-state index is 9.15. The van der Waals surface area contributed by atoms with Crippen LogP contribution in [0.5, 0.6) is 5.75 Å². The van der Waals surface area contributed by atoms with E-state index in [0.717, 1.165) is 17.9 Å². The molecule has 88 valence electrons. The third-order valence-electron chi connectivity index (χ3n) is 3.24. The van der Waals surface area contributed by atoms with Gasteiger partial charge in [-0.3, -0.25) is 4.98 Å². The molecular formula is C13H19NO2. The summed E-state index contributed by atoms with van der Waals surface area (Å²) in [6, 6.07) is 1.80. The quantitative estimate of drug-likeness (QED) is 0.849. The first kappa shape index (κ1) is 11.4. The molecule has 0 radical (unpaired) electrons. The monoisotopic (exact) mass is 221 g/mol. The second-order valence-corrected chi connectivity index (χ2v) is 4.46. The average molecular weight is 221 g/mol. The Hall–Kier alpha value is -1.09. The summed E-state index contributed by atoms with van der Waals surface area (Å²) in [6.45, 7) is 0.779. The number of hydrogen-bond acceptors (Lipinski definition) is 3. The van der Waals surface area contributed by atoms with E-state index in [1.54, 1.807) is 18.5 Å². The van der Waals surface area contributed by atoms with Crippen LogP contribution in [0, 0.1) is 5.92 Å². The fourth-order valence-corrected chi connectivity index (χ4v) is 2.23. The predicted octanol–water partition coefficient (Wildman–Crippen LogP) is 2.53. The Kier molecular flexibility index (Phi) is 4.17. The normalized spacial score (nSPS) is 17.3. The van der Waals surface area contributed by atoms with Crippen LogP contribution in [0.4, 0.5) is 0 Å². The van der Waals surface area contributed by atoms with Gasteiger partial charge in [0.25, 0.3) is 0 Å². The van der Waals surface area contributed by atoms with E-state index in [9.17, 15) is 0 Å². The summed E-state index contributed by atoms with van der Waals surface area (Å²) in [5.74, 6) is 1.41. The number of ether oxygens (including phenoxy) is 1. The second kappa shape index (κ2) is 5.85. The van der Waals surface area contributed by atoms with Crippen LogP contribution in [0.25, 0.3) is 0 Å². The summed E-state index contributed by atoms with van der Waals surface area (Å²) in [5, 5.41) is 9.15. The van der Waals surface area contributed by atoms with Crippen LogP contribution < -0.4 is 4.74 Å². The average Bonchev–Trinajstić information content (AvgIpc) is 2.38. The summed E-state index contributed by atoms with van der Waals surface area (Å²) in [4.78, 5) is 4.02. The summed E-state index contributed by atoms with van der Waals surface area (Å²) in [6.07, 6.45) is 9.93. The molecule has 0 unspecified atom stereocenters. The molecule has 0 atom stereocenters. The number of nitrogens with zero attached hydrogens (tertiary/aromatic N) is 1. The summed E-state index contributed by atoms with van der Waals surface area (Å²) in [7, 11) is 0. The molecule has 0 saturated heterocycles. The molecule has 0 spiro atoms. The van der Waals surface area contributed by atoms with Crippen molar-refractivity contribution >= 4 is 0 Å². The van der Waals surface area contributed by atoms with Gasteiger partial charge in [-0.25, -0.2) is 0 Å². The Bertz CT molecular complexity index is 321. The SMILES string of the molecule is OCc1ccncc1OCC1CCCCC1. The van der Waals surface area contributed by atoms with E-state index in [2.05, 4.69) is 4.98 Å². The van der Waals surface area contributed by atoms with Crippen LogP contribution in [-0.2, 0) is 6.61 Å². The van der Waals surface area contributed by atoms with Crippen LogP contribution in [0.15, 0.2) is 18.5 Å². The molecule has 16 heavy (non-hydrogen) atoms. The van der Waals surface area contributed by atoms with Crippen LogP contribution in [0.1, 0.15) is 37.7 Å². The van der Waals surface area contributed by atoms with Crippen molar-refractivity contribution in [2.45, 2.75) is 38.7 Å². The molecule has 1 N–H and O–H groups in total. The van der Waals surface area contributed by atoms with Gasteiger partial charge < -0.3 is 9.84 Å². The molecule has 1 aromatic heterocycles. The summed E-state index contributed by atoms with van der Waals surface area (Å²) >= 11 is 0. The maximum Gasteiger partial charge on any atom is 0.143 e. The predicted molar refractivity (Wildman–Crippen MR) is 62.2 cm³/mol. The lowest BCUT2D eigenvalue weighted by Crippen LogP contribution is -2.15. The topological polar surface area (TPSA) is 42.4 Å². The van der Waals surface area contributed by atoms with Crippen molar-refractivity contribution in [2.75, 3.05) is 6.61 Å². The Morgan fingerprint density at radius 2 is 2.12 bits per heavy atom. The molecule has 3 heteroatoms. The van der Waals surface area contributed by atoms with E-state index < -0.39 is 0 Å². The molecule has 1 aliphatic rings. The van der Waals surface area contributed by atoms with Gasteiger partial charge in [0.15, 0.2) is 0 Å². The van der Waals surface area contributed by atoms with Crippen LogP contribution in [-0.4, -0.2) is 16.7 Å². The number of aliphatic hydroxyl groups is 1. The van der Waals surface area contributed by atoms with E-state index in [-0.39, 0.29) is 6.61 Å². The first-order valence-corrected chi connectivity index (χ1v) is 6.06. The molecule has 1 fully saturated rings. The van der Waals surface area contributed by atoms with Gasteiger partial charge in [-0.1, -0.05) is 19.3 Å². The lowest BCUT2D eigenvalue weighted by atomic mass is 9.90. The third-order valence-corrected chi connectivity index (χ3v) is 3.24. The minimum absolute atomic E-state index is 0.0164. The zero-order chi connectivity index (χ0) is 11.2. The van der Waals surface area contributed by atoms with Gasteiger partial charge in [-0.2, -0.15) is 0 Å². The van der Waals surface area contributed by atoms with Crippen LogP contribution >= 0.6 is 0 Å². The molecule has 0 amide bonds. The molecule has 1 saturated carbocycles. The second-order valence-electron chi connectivity index (χ2n) is 4.46. The number of pyridine rings is 1. The lowest BCUT2D eigenvalue weighted by molar-refractivity contribution is 0.200. The maximum absolute atomic E-state index is 9.15. The van der Waals surface area contributed by atoms with Crippen molar-refractivity contribution in [2.24, 2.45) is 5.92 Å². The fraction of sp³-hybridized carbons (Fsp3) is 0.615. The molecule has 0 aromatic carbocycles. The first-order chi connectivity index (χ1) is 7.90. The van der Waals surface area contributed by atoms with E-state index in [4.69, 9.17) is 9.84 Å². The van der Waals surface area contributed by atoms with Gasteiger partial charge in [0.2, 0.25) is 0 Å². The van der Waals surface area contributed by atoms with Crippen LogP contribution in [0.2, 0.25) is 0 Å². The van der Waals surface area contributed by atoms with E-state index in [1.165, 1.54) is 32.1 Å². The smallest absolute Gasteiger partial charge is 0.143 e. The Balaban J connectivity index is 1.88. The molecule has 1 aromatic rings. The fourth-order valence-electron chi connectivity index (χ4n) is 2.23. The number of aromatic nitrogens is 1. The van der Waals surface area contributed by atoms with Gasteiger partial charge in [0.05, 0.1) is 19.4 Å². The van der Waals surface area contributed by atoms with Gasteiger partial charge >= 0.3 is 0 Å². The van der Waals surface area contributed by atoms with Gasteiger partial charge in [-0.05, 0) is 24.8 Å². The molecule has 2 rings (SSSR count). The number of aliphatic hydroxyl groups excluding tert-OH is 1. The number of hydrogen-bond donors (Lipinski definition) is 1. The standard InChI is InChI=1S/C13H19NO2/c15-9-12-6-7-14-8-13(12)16-10-11-4-2-1-3-5-11/h6-8,11,15H,1-5,9-10H2. The van der Waals surface area contributed by atoms with Crippen molar-refractivity contribution in [1.29, 1.82) is 0 Å². The van der Waals surface area contributed by atoms with Gasteiger partial charge in [0.1, 0.15) is 5.75 Å². The minimum Gasteiger partial charge on any atom is -0.491 e. The number of rotatable bonds is 4. The zero-order valence-corrected chi connectivity index (χ0v) is 9.56. The lowest BCUT2D eigenvalue weighted by Gasteiger charge is -2.22. The van der Waals surface area contributed by atoms with Crippen LogP contribution in [0.3, 0.4) is 0 Å². The van der Waals surface area contributed by atoms with E-state index in [1.807, 2.05) is 0 Å². The molecule has 1 heterocycles. The highest BCUT2D eigenvalue weighted by molar-refractivity contribution is 5.28. The molecule has 0 bridgehead atoms. The third kappa shape index (κ3) is 2.95. The van der Waals surface area contributed by atoms with Crippen molar-refractivity contribution in [3.05, 3.63) is 24.0 Å². The highest BCUT2D eigenvalue weighted by atomic mass is 16.5. The first-order valence-electron chi connectivity index (χ1n) is 6.06. The van der Waals surface area contributed by atoms with E-state index in [0.29, 0.717) is 5.92 Å². The van der Waals surface area contributed by atoms with Crippen molar-refractivity contribution in [3.63, 3.8) is 0 Å².